The molecule has 6 rings (SSSR count). The first-order valence-corrected chi connectivity index (χ1v) is 13.8. The summed E-state index contributed by atoms with van der Waals surface area (Å²) < 4.78 is 24.9. The maximum absolute atomic E-state index is 6.32. The molecule has 0 N–H and O–H groups in total. The lowest BCUT2D eigenvalue weighted by Crippen LogP contribution is -2.05. The van der Waals surface area contributed by atoms with Crippen LogP contribution in [-0.2, 0) is 6.61 Å². The van der Waals surface area contributed by atoms with E-state index >= 15 is 0 Å². The van der Waals surface area contributed by atoms with Crippen LogP contribution in [0.1, 0.15) is 63.0 Å². The summed E-state index contributed by atoms with van der Waals surface area (Å²) in [6.07, 6.45) is 8.42. The van der Waals surface area contributed by atoms with Crippen molar-refractivity contribution in [3.05, 3.63) is 59.8 Å². The van der Waals surface area contributed by atoms with Crippen LogP contribution in [0, 0.1) is 0 Å². The molecule has 1 fully saturated rings. The second-order valence-corrected chi connectivity index (χ2v) is 9.86. The third-order valence-electron chi connectivity index (χ3n) is 6.68. The van der Waals surface area contributed by atoms with Gasteiger partial charge in [0.15, 0.2) is 5.76 Å². The largest absolute Gasteiger partial charge is 0.496 e. The number of hydrogen-bond acceptors (Lipinski definition) is 7. The average Bonchev–Trinajstić information content (AvgIpc) is 3.66. The summed E-state index contributed by atoms with van der Waals surface area (Å²) in [5.74, 6) is 2.72. The van der Waals surface area contributed by atoms with Crippen LogP contribution in [0.2, 0.25) is 0 Å². The Balaban J connectivity index is 0.00000137. The molecular weight excluding hydrogens is 486 g/mol. The first-order valence-electron chi connectivity index (χ1n) is 12.9. The van der Waals surface area contributed by atoms with Crippen molar-refractivity contribution < 1.29 is 18.6 Å². The van der Waals surface area contributed by atoms with Crippen molar-refractivity contribution in [1.82, 2.24) is 14.6 Å². The van der Waals surface area contributed by atoms with Crippen LogP contribution in [0.15, 0.2) is 53.1 Å². The lowest BCUT2D eigenvalue weighted by Gasteiger charge is -2.22. The third kappa shape index (κ3) is 5.30. The van der Waals surface area contributed by atoms with Crippen molar-refractivity contribution in [1.29, 1.82) is 0 Å². The van der Waals surface area contributed by atoms with Gasteiger partial charge in [-0.3, -0.25) is 0 Å². The van der Waals surface area contributed by atoms with Gasteiger partial charge in [0.2, 0.25) is 4.96 Å². The molecule has 8 heteroatoms. The van der Waals surface area contributed by atoms with Gasteiger partial charge in [-0.2, -0.15) is 0 Å². The van der Waals surface area contributed by atoms with E-state index in [0.29, 0.717) is 40.5 Å². The van der Waals surface area contributed by atoms with Gasteiger partial charge >= 0.3 is 0 Å². The fourth-order valence-electron chi connectivity index (χ4n) is 4.86. The zero-order chi connectivity index (χ0) is 25.8. The van der Waals surface area contributed by atoms with E-state index in [1.807, 2.05) is 38.2 Å². The maximum Gasteiger partial charge on any atom is 0.294 e. The highest BCUT2D eigenvalue weighted by molar-refractivity contribution is 7.18. The number of hydrogen-bond donors (Lipinski definition) is 0. The monoisotopic (exact) mass is 519 g/mol. The van der Waals surface area contributed by atoms with Crippen LogP contribution < -0.4 is 14.2 Å². The van der Waals surface area contributed by atoms with Crippen molar-refractivity contribution in [2.45, 2.75) is 58.5 Å². The summed E-state index contributed by atoms with van der Waals surface area (Å²) in [7, 11) is 3.24. The number of methoxy groups -OCH3 is 2. The van der Waals surface area contributed by atoms with Crippen LogP contribution in [0.5, 0.6) is 16.7 Å². The van der Waals surface area contributed by atoms with Crippen molar-refractivity contribution in [2.24, 2.45) is 0 Å². The topological polar surface area (TPSA) is 71.0 Å². The van der Waals surface area contributed by atoms with Crippen LogP contribution in [0.3, 0.4) is 0 Å². The fourth-order valence-corrected chi connectivity index (χ4v) is 5.56. The minimum atomic E-state index is 0.479. The highest BCUT2D eigenvalue weighted by Gasteiger charge is 2.18. The molecule has 1 aliphatic rings. The molecule has 2 aromatic carbocycles. The molecule has 7 nitrogen and oxygen atoms in total. The lowest BCUT2D eigenvalue weighted by molar-refractivity contribution is 0.307. The van der Waals surface area contributed by atoms with E-state index in [0.717, 1.165) is 16.1 Å². The maximum atomic E-state index is 6.32. The van der Waals surface area contributed by atoms with Gasteiger partial charge in [0.1, 0.15) is 29.4 Å². The molecule has 0 atom stereocenters. The van der Waals surface area contributed by atoms with E-state index in [1.165, 1.54) is 54.6 Å². The summed E-state index contributed by atoms with van der Waals surface area (Å²) in [6.45, 7) is 4.48. The highest BCUT2D eigenvalue weighted by Crippen LogP contribution is 2.38. The zero-order valence-electron chi connectivity index (χ0n) is 21.8. The second kappa shape index (κ2) is 11.3. The molecule has 0 unspecified atom stereocenters. The Bertz CT molecular complexity index is 1450. The van der Waals surface area contributed by atoms with E-state index in [4.69, 9.17) is 18.6 Å². The Morgan fingerprint density at radius 1 is 1.03 bits per heavy atom. The first kappa shape index (κ1) is 25.1. The molecule has 0 bridgehead atoms. The first-order chi connectivity index (χ1) is 18.2. The Morgan fingerprint density at radius 2 is 1.86 bits per heavy atom. The highest BCUT2D eigenvalue weighted by atomic mass is 32.1. The summed E-state index contributed by atoms with van der Waals surface area (Å²) in [4.78, 5) is 5.38. The van der Waals surface area contributed by atoms with Gasteiger partial charge in [-0.05, 0) is 47.3 Å². The van der Waals surface area contributed by atoms with Gasteiger partial charge in [0.25, 0.3) is 5.19 Å². The molecule has 5 aromatic rings. The molecule has 0 aliphatic heterocycles. The summed E-state index contributed by atoms with van der Waals surface area (Å²) >= 11 is 1.38. The molecule has 0 saturated heterocycles. The number of furan rings is 1. The second-order valence-electron chi connectivity index (χ2n) is 8.94. The predicted octanol–water partition coefficient (Wildman–Crippen LogP) is 7.87. The van der Waals surface area contributed by atoms with Crippen LogP contribution in [0.25, 0.3) is 27.4 Å². The van der Waals surface area contributed by atoms with Crippen LogP contribution in [-0.4, -0.2) is 28.8 Å². The smallest absolute Gasteiger partial charge is 0.294 e. The predicted molar refractivity (Wildman–Crippen MR) is 147 cm³/mol. The fraction of sp³-hybridized carbons (Fsp3) is 0.379. The number of ether oxygens (including phenoxy) is 3. The third-order valence-corrected chi connectivity index (χ3v) is 7.57. The minimum Gasteiger partial charge on any atom is -0.496 e. The number of fused-ring (bicyclic) bond motifs is 2. The molecule has 0 amide bonds. The van der Waals surface area contributed by atoms with E-state index in [9.17, 15) is 0 Å². The van der Waals surface area contributed by atoms with Gasteiger partial charge in [0.05, 0.1) is 25.8 Å². The van der Waals surface area contributed by atoms with Gasteiger partial charge in [-0.15, -0.1) is 5.10 Å². The Labute approximate surface area is 221 Å². The molecule has 0 spiro atoms. The van der Waals surface area contributed by atoms with Gasteiger partial charge < -0.3 is 18.6 Å². The van der Waals surface area contributed by atoms with E-state index in [-0.39, 0.29) is 0 Å². The Kier molecular flexibility index (Phi) is 7.65. The number of rotatable bonds is 7. The number of benzene rings is 2. The van der Waals surface area contributed by atoms with Crippen LogP contribution in [0.4, 0.5) is 0 Å². The van der Waals surface area contributed by atoms with E-state index < -0.39 is 0 Å². The van der Waals surface area contributed by atoms with Crippen molar-refractivity contribution in [3.63, 3.8) is 0 Å². The van der Waals surface area contributed by atoms with Gasteiger partial charge in [-0.1, -0.05) is 57.4 Å². The number of imidazole rings is 1. The Morgan fingerprint density at radius 3 is 2.62 bits per heavy atom. The zero-order valence-corrected chi connectivity index (χ0v) is 22.6. The van der Waals surface area contributed by atoms with Gasteiger partial charge in [0, 0.05) is 12.1 Å². The molecule has 194 valence electrons. The number of nitrogens with zero attached hydrogens (tertiary/aromatic N) is 3. The minimum absolute atomic E-state index is 0.479. The molecule has 3 aromatic heterocycles. The number of aromatic nitrogens is 3. The molecule has 3 heterocycles. The summed E-state index contributed by atoms with van der Waals surface area (Å²) in [5.41, 5.74) is 3.99. The normalized spacial score (nSPS) is 13.9. The molecule has 1 saturated carbocycles. The summed E-state index contributed by atoms with van der Waals surface area (Å²) in [6, 6.07) is 14.6. The molecule has 1 aliphatic carbocycles. The van der Waals surface area contributed by atoms with E-state index in [1.54, 1.807) is 18.7 Å². The standard InChI is InChI=1S/C27H27N3O4S.C2H6/c1-31-20-12-23(33-16-17-7-6-10-19(11-17)18-8-4-3-5-9-18)21-14-25(34-24(21)13-20)22-15-30-26(28-22)35-27(29-30)32-2;1-2/h6-7,10-15,18H,3-5,8-9,16H2,1-2H3;1-2H3. The van der Waals surface area contributed by atoms with Crippen LogP contribution >= 0.6 is 11.3 Å². The molecular formula is C29H33N3O4S. The quantitative estimate of drug-likeness (QED) is 0.218. The average molecular weight is 520 g/mol. The SMILES string of the molecule is CC.COc1cc(OCc2cccc(C3CCCCC3)c2)c2cc(-c3cn4nc(OC)sc4n3)oc2c1. The lowest BCUT2D eigenvalue weighted by atomic mass is 9.84. The van der Waals surface area contributed by atoms with Crippen molar-refractivity contribution in [2.75, 3.05) is 14.2 Å². The molecule has 0 radical (unpaired) electrons. The van der Waals surface area contributed by atoms with Gasteiger partial charge in [-0.25, -0.2) is 9.50 Å². The Hall–Kier alpha value is -3.52. The summed E-state index contributed by atoms with van der Waals surface area (Å²) in [5, 5.41) is 5.79. The molecule has 37 heavy (non-hydrogen) atoms. The van der Waals surface area contributed by atoms with E-state index in [2.05, 4.69) is 34.3 Å². The van der Waals surface area contributed by atoms with Crippen molar-refractivity contribution in [3.8, 4) is 28.1 Å². The van der Waals surface area contributed by atoms with Crippen molar-refractivity contribution >= 4 is 27.3 Å².